The van der Waals surface area contributed by atoms with E-state index in [1.54, 1.807) is 17.9 Å². The third-order valence-electron chi connectivity index (χ3n) is 4.62. The molecule has 1 fully saturated rings. The van der Waals surface area contributed by atoms with Gasteiger partial charge in [0.2, 0.25) is 5.91 Å². The van der Waals surface area contributed by atoms with Crippen LogP contribution in [-0.4, -0.2) is 47.2 Å². The molecular formula is C19H19Cl2NO4S. The lowest BCUT2D eigenvalue weighted by molar-refractivity contribution is -0.171. The van der Waals surface area contributed by atoms with Crippen molar-refractivity contribution in [3.05, 3.63) is 39.2 Å². The summed E-state index contributed by atoms with van der Waals surface area (Å²) in [5.74, 6) is -0.836. The minimum absolute atomic E-state index is 0.152. The fourth-order valence-electron chi connectivity index (χ4n) is 3.02. The lowest BCUT2D eigenvalue weighted by Gasteiger charge is -2.35. The van der Waals surface area contributed by atoms with Crippen molar-refractivity contribution < 1.29 is 19.4 Å². The first-order valence-electron chi connectivity index (χ1n) is 8.57. The lowest BCUT2D eigenvalue weighted by Crippen LogP contribution is -2.51. The number of likely N-dealkylation sites (tertiary alicyclic amines) is 1. The van der Waals surface area contributed by atoms with Gasteiger partial charge in [0.25, 0.3) is 0 Å². The number of rotatable bonds is 4. The van der Waals surface area contributed by atoms with E-state index in [0.29, 0.717) is 15.6 Å². The van der Waals surface area contributed by atoms with Crippen LogP contribution in [0.15, 0.2) is 23.6 Å². The molecule has 1 aliphatic rings. The van der Waals surface area contributed by atoms with Gasteiger partial charge in [-0.25, -0.2) is 4.79 Å². The van der Waals surface area contributed by atoms with Gasteiger partial charge in [-0.05, 0) is 41.5 Å². The monoisotopic (exact) mass is 427 g/mol. The number of esters is 1. The average molecular weight is 428 g/mol. The molecule has 144 valence electrons. The number of carbonyl (C=O) groups excluding carboxylic acids is 2. The molecular weight excluding hydrogens is 409 g/mol. The van der Waals surface area contributed by atoms with Gasteiger partial charge in [0, 0.05) is 32.0 Å². The summed E-state index contributed by atoms with van der Waals surface area (Å²) in [6, 6.07) is 3.84. The molecule has 1 aliphatic heterocycles. The van der Waals surface area contributed by atoms with Crippen LogP contribution in [0, 0.1) is 0 Å². The van der Waals surface area contributed by atoms with Crippen molar-refractivity contribution in [1.82, 2.24) is 4.90 Å². The molecule has 5 nitrogen and oxygen atoms in total. The number of piperidine rings is 1. The van der Waals surface area contributed by atoms with E-state index in [4.69, 9.17) is 27.9 Å². The highest BCUT2D eigenvalue weighted by Crippen LogP contribution is 2.37. The van der Waals surface area contributed by atoms with Crippen molar-refractivity contribution in [3.8, 4) is 0 Å². The Bertz CT molecular complexity index is 900. The normalized spacial score (nSPS) is 16.8. The number of nitrogens with zero attached hydrogens (tertiary/aromatic N) is 1. The van der Waals surface area contributed by atoms with Crippen LogP contribution in [0.1, 0.15) is 25.3 Å². The van der Waals surface area contributed by atoms with Crippen LogP contribution in [0.25, 0.3) is 16.2 Å². The number of benzene rings is 1. The lowest BCUT2D eigenvalue weighted by atomic mass is 9.91. The molecule has 1 N–H and O–H groups in total. The summed E-state index contributed by atoms with van der Waals surface area (Å²) in [5.41, 5.74) is -0.849. The van der Waals surface area contributed by atoms with Crippen LogP contribution < -0.4 is 0 Å². The Morgan fingerprint density at radius 3 is 2.70 bits per heavy atom. The molecule has 3 rings (SSSR count). The molecule has 2 heterocycles. The molecule has 8 heteroatoms. The predicted octanol–water partition coefficient (Wildman–Crippen LogP) is 4.14. The number of ether oxygens (including phenoxy) is 1. The number of carbonyl (C=O) groups is 2. The van der Waals surface area contributed by atoms with E-state index in [2.05, 4.69) is 0 Å². The number of hydrogen-bond acceptors (Lipinski definition) is 5. The maximum absolute atomic E-state index is 12.5. The van der Waals surface area contributed by atoms with Crippen LogP contribution in [0.4, 0.5) is 0 Å². The van der Waals surface area contributed by atoms with E-state index in [1.807, 2.05) is 17.5 Å². The van der Waals surface area contributed by atoms with Gasteiger partial charge in [0.15, 0.2) is 5.60 Å². The molecule has 0 spiro atoms. The van der Waals surface area contributed by atoms with Crippen molar-refractivity contribution in [3.63, 3.8) is 0 Å². The first kappa shape index (κ1) is 20.1. The van der Waals surface area contributed by atoms with Crippen molar-refractivity contribution in [1.29, 1.82) is 0 Å². The van der Waals surface area contributed by atoms with Crippen molar-refractivity contribution in [2.24, 2.45) is 0 Å². The van der Waals surface area contributed by atoms with Gasteiger partial charge in [-0.15, -0.1) is 11.3 Å². The molecule has 27 heavy (non-hydrogen) atoms. The highest BCUT2D eigenvalue weighted by molar-refractivity contribution is 7.18. The van der Waals surface area contributed by atoms with Crippen LogP contribution in [-0.2, 0) is 14.3 Å². The van der Waals surface area contributed by atoms with E-state index in [1.165, 1.54) is 17.4 Å². The zero-order valence-electron chi connectivity index (χ0n) is 14.7. The maximum atomic E-state index is 12.5. The van der Waals surface area contributed by atoms with Crippen molar-refractivity contribution >= 4 is 62.6 Å². The summed E-state index contributed by atoms with van der Waals surface area (Å²) < 4.78 is 5.82. The molecule has 2 aromatic rings. The Morgan fingerprint density at radius 1 is 1.33 bits per heavy atom. The van der Waals surface area contributed by atoms with Gasteiger partial charge in [-0.2, -0.15) is 0 Å². The third-order valence-corrected chi connectivity index (χ3v) is 6.56. The number of thiophene rings is 1. The van der Waals surface area contributed by atoms with E-state index in [0.717, 1.165) is 10.1 Å². The van der Waals surface area contributed by atoms with E-state index < -0.39 is 11.6 Å². The molecule has 1 aromatic carbocycles. The first-order chi connectivity index (χ1) is 12.9. The predicted molar refractivity (Wildman–Crippen MR) is 108 cm³/mol. The highest BCUT2D eigenvalue weighted by Gasteiger charge is 2.41. The molecule has 1 saturated heterocycles. The topological polar surface area (TPSA) is 66.8 Å². The van der Waals surface area contributed by atoms with Crippen molar-refractivity contribution in [2.45, 2.75) is 25.4 Å². The molecule has 0 atom stereocenters. The second kappa shape index (κ2) is 8.19. The first-order valence-corrected chi connectivity index (χ1v) is 10.2. The van der Waals surface area contributed by atoms with Gasteiger partial charge in [-0.3, -0.25) is 4.79 Å². The Labute approximate surface area is 171 Å². The minimum atomic E-state index is -1.52. The van der Waals surface area contributed by atoms with E-state index in [9.17, 15) is 14.7 Å². The summed E-state index contributed by atoms with van der Waals surface area (Å²) in [6.07, 6.45) is 3.38. The quantitative estimate of drug-likeness (QED) is 0.587. The molecule has 0 radical (unpaired) electrons. The standard InChI is InChI=1S/C19H19Cl2NO4S/c1-2-26-18(24)19(25)6-8-22(9-7-19)14(23)4-3-12-11-13-5-10-27-17(13)16(21)15(12)20/h3-5,10-11,25H,2,6-9H2,1H3. The minimum Gasteiger partial charge on any atom is -0.464 e. The van der Waals surface area contributed by atoms with Crippen LogP contribution in [0.3, 0.4) is 0 Å². The fraction of sp³-hybridized carbons (Fsp3) is 0.368. The fourth-order valence-corrected chi connectivity index (χ4v) is 4.46. The van der Waals surface area contributed by atoms with Crippen LogP contribution in [0.5, 0.6) is 0 Å². The van der Waals surface area contributed by atoms with Gasteiger partial charge in [0.1, 0.15) is 0 Å². The maximum Gasteiger partial charge on any atom is 0.338 e. The zero-order valence-corrected chi connectivity index (χ0v) is 17.0. The SMILES string of the molecule is CCOC(=O)C1(O)CCN(C(=O)C=Cc2cc3ccsc3c(Cl)c2Cl)CC1. The van der Waals surface area contributed by atoms with Crippen molar-refractivity contribution in [2.75, 3.05) is 19.7 Å². The third kappa shape index (κ3) is 4.14. The highest BCUT2D eigenvalue weighted by atomic mass is 35.5. The van der Waals surface area contributed by atoms with Crippen LogP contribution in [0.2, 0.25) is 10.0 Å². The summed E-state index contributed by atoms with van der Waals surface area (Å²) in [5, 5.41) is 14.2. The Hall–Kier alpha value is -1.60. The van der Waals surface area contributed by atoms with Crippen LogP contribution >= 0.6 is 34.5 Å². The number of aliphatic hydroxyl groups is 1. The average Bonchev–Trinajstić information content (AvgIpc) is 3.12. The second-order valence-corrected chi connectivity index (χ2v) is 8.02. The van der Waals surface area contributed by atoms with Gasteiger partial charge >= 0.3 is 5.97 Å². The smallest absolute Gasteiger partial charge is 0.338 e. The summed E-state index contributed by atoms with van der Waals surface area (Å²) in [6.45, 7) is 2.45. The molecule has 0 bridgehead atoms. The largest absolute Gasteiger partial charge is 0.464 e. The molecule has 0 unspecified atom stereocenters. The van der Waals surface area contributed by atoms with E-state index in [-0.39, 0.29) is 38.4 Å². The number of hydrogen-bond donors (Lipinski definition) is 1. The number of amides is 1. The Kier molecular flexibility index (Phi) is 6.11. The Balaban J connectivity index is 1.68. The summed E-state index contributed by atoms with van der Waals surface area (Å²) in [7, 11) is 0. The van der Waals surface area contributed by atoms with Gasteiger partial charge < -0.3 is 14.7 Å². The summed E-state index contributed by atoms with van der Waals surface area (Å²) >= 11 is 14.1. The van der Waals surface area contributed by atoms with Gasteiger partial charge in [-0.1, -0.05) is 23.2 Å². The molecule has 0 saturated carbocycles. The Morgan fingerprint density at radius 2 is 2.04 bits per heavy atom. The second-order valence-electron chi connectivity index (χ2n) is 6.34. The molecule has 1 aromatic heterocycles. The molecule has 1 amide bonds. The number of fused-ring (bicyclic) bond motifs is 1. The zero-order chi connectivity index (χ0) is 19.6. The van der Waals surface area contributed by atoms with Gasteiger partial charge in [0.05, 0.1) is 21.4 Å². The van der Waals surface area contributed by atoms with E-state index >= 15 is 0 Å². The number of halogens is 2. The molecule has 0 aliphatic carbocycles. The summed E-state index contributed by atoms with van der Waals surface area (Å²) in [4.78, 5) is 25.9.